The van der Waals surface area contributed by atoms with Crippen LogP contribution >= 0.6 is 22.9 Å². The molecule has 0 fully saturated rings. The van der Waals surface area contributed by atoms with Gasteiger partial charge in [-0.25, -0.2) is 4.98 Å². The SMILES string of the molecule is COCCNc1nc2c([N+](=O)[O-])cc(Cl)cc2s1. The van der Waals surface area contributed by atoms with Gasteiger partial charge in [-0.15, -0.1) is 0 Å². The van der Waals surface area contributed by atoms with Crippen LogP contribution < -0.4 is 5.32 Å². The molecule has 8 heteroatoms. The lowest BCUT2D eigenvalue weighted by molar-refractivity contribution is -0.383. The van der Waals surface area contributed by atoms with Crippen molar-refractivity contribution in [2.45, 2.75) is 0 Å². The monoisotopic (exact) mass is 287 g/mol. The van der Waals surface area contributed by atoms with Crippen LogP contribution in [0.15, 0.2) is 12.1 Å². The van der Waals surface area contributed by atoms with E-state index in [1.807, 2.05) is 0 Å². The van der Waals surface area contributed by atoms with Gasteiger partial charge in [-0.3, -0.25) is 10.1 Å². The van der Waals surface area contributed by atoms with Crippen molar-refractivity contribution in [2.24, 2.45) is 0 Å². The minimum Gasteiger partial charge on any atom is -0.383 e. The summed E-state index contributed by atoms with van der Waals surface area (Å²) in [7, 11) is 1.60. The number of ether oxygens (including phenoxy) is 1. The number of methoxy groups -OCH3 is 1. The van der Waals surface area contributed by atoms with Crippen LogP contribution in [0.4, 0.5) is 10.8 Å². The maximum absolute atomic E-state index is 10.9. The number of nitrogens with zero attached hydrogens (tertiary/aromatic N) is 2. The molecular formula is C10H10ClN3O3S. The molecule has 1 aromatic heterocycles. The van der Waals surface area contributed by atoms with Gasteiger partial charge in [-0.1, -0.05) is 22.9 Å². The predicted octanol–water partition coefficient (Wildman–Crippen LogP) is 2.92. The number of nitrogens with one attached hydrogen (secondary N) is 1. The van der Waals surface area contributed by atoms with E-state index in [1.165, 1.54) is 17.4 Å². The van der Waals surface area contributed by atoms with Crippen molar-refractivity contribution >= 4 is 44.0 Å². The third-order valence-electron chi connectivity index (χ3n) is 2.22. The van der Waals surface area contributed by atoms with Crippen molar-refractivity contribution in [2.75, 3.05) is 25.6 Å². The average Bonchev–Trinajstić information content (AvgIpc) is 2.70. The highest BCUT2D eigenvalue weighted by molar-refractivity contribution is 7.22. The fraction of sp³-hybridized carbons (Fsp3) is 0.300. The number of halogens is 1. The molecule has 0 aliphatic rings. The van der Waals surface area contributed by atoms with Crippen LogP contribution in [0.1, 0.15) is 0 Å². The number of anilines is 1. The summed E-state index contributed by atoms with van der Waals surface area (Å²) in [4.78, 5) is 14.6. The minimum atomic E-state index is -0.479. The fourth-order valence-electron chi connectivity index (χ4n) is 1.45. The maximum atomic E-state index is 10.9. The van der Waals surface area contributed by atoms with Gasteiger partial charge in [0.1, 0.15) is 0 Å². The van der Waals surface area contributed by atoms with E-state index in [1.54, 1.807) is 13.2 Å². The summed E-state index contributed by atoms with van der Waals surface area (Å²) in [5.74, 6) is 0. The van der Waals surface area contributed by atoms with Gasteiger partial charge < -0.3 is 10.1 Å². The van der Waals surface area contributed by atoms with E-state index in [0.717, 1.165) is 0 Å². The molecule has 2 rings (SSSR count). The lowest BCUT2D eigenvalue weighted by Crippen LogP contribution is -2.06. The summed E-state index contributed by atoms with van der Waals surface area (Å²) in [5.41, 5.74) is 0.280. The highest BCUT2D eigenvalue weighted by Crippen LogP contribution is 2.34. The van der Waals surface area contributed by atoms with Gasteiger partial charge in [0.25, 0.3) is 5.69 Å². The highest BCUT2D eigenvalue weighted by Gasteiger charge is 2.17. The lowest BCUT2D eigenvalue weighted by Gasteiger charge is -1.99. The molecule has 0 aliphatic carbocycles. The number of thiazole rings is 1. The lowest BCUT2D eigenvalue weighted by atomic mass is 10.3. The first kappa shape index (κ1) is 13.0. The average molecular weight is 288 g/mol. The van der Waals surface area contributed by atoms with Gasteiger partial charge in [-0.05, 0) is 6.07 Å². The molecule has 1 aromatic carbocycles. The second-order valence-electron chi connectivity index (χ2n) is 3.47. The van der Waals surface area contributed by atoms with Crippen molar-refractivity contribution in [1.29, 1.82) is 0 Å². The zero-order chi connectivity index (χ0) is 13.1. The van der Waals surface area contributed by atoms with E-state index in [4.69, 9.17) is 16.3 Å². The van der Waals surface area contributed by atoms with Gasteiger partial charge >= 0.3 is 0 Å². The summed E-state index contributed by atoms with van der Waals surface area (Å²) in [6, 6.07) is 2.98. The van der Waals surface area contributed by atoms with Crippen molar-refractivity contribution < 1.29 is 9.66 Å². The van der Waals surface area contributed by atoms with Gasteiger partial charge in [0, 0.05) is 24.7 Å². The summed E-state index contributed by atoms with van der Waals surface area (Å²) < 4.78 is 5.59. The molecule has 0 atom stereocenters. The van der Waals surface area contributed by atoms with E-state index in [2.05, 4.69) is 10.3 Å². The molecular weight excluding hydrogens is 278 g/mol. The van der Waals surface area contributed by atoms with E-state index >= 15 is 0 Å². The zero-order valence-electron chi connectivity index (χ0n) is 9.47. The van der Waals surface area contributed by atoms with Crippen molar-refractivity contribution in [3.8, 4) is 0 Å². The Morgan fingerprint density at radius 3 is 3.06 bits per heavy atom. The Bertz CT molecular complexity index is 587. The molecule has 0 spiro atoms. The topological polar surface area (TPSA) is 77.3 Å². The Hall–Kier alpha value is -1.44. The number of fused-ring (bicyclic) bond motifs is 1. The molecule has 0 bridgehead atoms. The third-order valence-corrected chi connectivity index (χ3v) is 3.40. The number of non-ortho nitro benzene ring substituents is 1. The molecule has 6 nitrogen and oxygen atoms in total. The normalized spacial score (nSPS) is 10.8. The highest BCUT2D eigenvalue weighted by atomic mass is 35.5. The molecule has 0 unspecified atom stereocenters. The van der Waals surface area contributed by atoms with Crippen LogP contribution in [0.3, 0.4) is 0 Å². The van der Waals surface area contributed by atoms with E-state index in [9.17, 15) is 10.1 Å². The van der Waals surface area contributed by atoms with Gasteiger partial charge in [-0.2, -0.15) is 0 Å². The van der Waals surface area contributed by atoms with Crippen molar-refractivity contribution in [3.63, 3.8) is 0 Å². The molecule has 18 heavy (non-hydrogen) atoms. The van der Waals surface area contributed by atoms with Crippen LogP contribution in [0, 0.1) is 10.1 Å². The van der Waals surface area contributed by atoms with E-state index in [-0.39, 0.29) is 5.69 Å². The molecule has 0 radical (unpaired) electrons. The van der Waals surface area contributed by atoms with E-state index in [0.29, 0.717) is 33.5 Å². The Morgan fingerprint density at radius 2 is 2.39 bits per heavy atom. The molecule has 0 saturated carbocycles. The second kappa shape index (κ2) is 5.47. The third kappa shape index (κ3) is 2.69. The smallest absolute Gasteiger partial charge is 0.297 e. The first-order valence-corrected chi connectivity index (χ1v) is 6.28. The Balaban J connectivity index is 2.37. The first-order chi connectivity index (χ1) is 8.61. The van der Waals surface area contributed by atoms with Gasteiger partial charge in [0.15, 0.2) is 10.6 Å². The Labute approximate surface area is 112 Å². The van der Waals surface area contributed by atoms with Gasteiger partial charge in [0.05, 0.1) is 16.2 Å². The largest absolute Gasteiger partial charge is 0.383 e. The zero-order valence-corrected chi connectivity index (χ0v) is 11.0. The summed E-state index contributed by atoms with van der Waals surface area (Å²) in [5, 5.41) is 14.9. The molecule has 2 aromatic rings. The first-order valence-electron chi connectivity index (χ1n) is 5.09. The molecule has 1 heterocycles. The van der Waals surface area contributed by atoms with Crippen molar-refractivity contribution in [1.82, 2.24) is 4.98 Å². The number of hydrogen-bond donors (Lipinski definition) is 1. The van der Waals surface area contributed by atoms with Crippen molar-refractivity contribution in [3.05, 3.63) is 27.3 Å². The number of nitro groups is 1. The molecule has 1 N–H and O–H groups in total. The molecule has 0 aliphatic heterocycles. The van der Waals surface area contributed by atoms with Crippen LogP contribution in [0.5, 0.6) is 0 Å². The summed E-state index contributed by atoms with van der Waals surface area (Å²) in [6.45, 7) is 1.14. The van der Waals surface area contributed by atoms with Crippen LogP contribution in [0.2, 0.25) is 5.02 Å². The number of benzene rings is 1. The Morgan fingerprint density at radius 1 is 1.61 bits per heavy atom. The minimum absolute atomic E-state index is 0.0754. The predicted molar refractivity (Wildman–Crippen MR) is 71.7 cm³/mol. The second-order valence-corrected chi connectivity index (χ2v) is 4.93. The molecule has 0 amide bonds. The van der Waals surface area contributed by atoms with E-state index < -0.39 is 4.92 Å². The maximum Gasteiger partial charge on any atom is 0.297 e. The number of aromatic nitrogens is 1. The van der Waals surface area contributed by atoms with Gasteiger partial charge in [0.2, 0.25) is 0 Å². The summed E-state index contributed by atoms with van der Waals surface area (Å²) in [6.07, 6.45) is 0. The number of hydrogen-bond acceptors (Lipinski definition) is 6. The molecule has 96 valence electrons. The standard InChI is InChI=1S/C10H10ClN3O3S/c1-17-3-2-12-10-13-9-7(14(15)16)4-6(11)5-8(9)18-10/h4-5H,2-3H2,1H3,(H,12,13). The molecule has 0 saturated heterocycles. The van der Waals surface area contributed by atoms with Crippen LogP contribution in [-0.2, 0) is 4.74 Å². The van der Waals surface area contributed by atoms with Crippen LogP contribution in [-0.4, -0.2) is 30.2 Å². The number of rotatable bonds is 5. The fourth-order valence-corrected chi connectivity index (χ4v) is 2.68. The number of nitro benzene ring substituents is 1. The van der Waals surface area contributed by atoms with Crippen LogP contribution in [0.25, 0.3) is 10.2 Å². The Kier molecular flexibility index (Phi) is 3.95. The quantitative estimate of drug-likeness (QED) is 0.520. The summed E-state index contributed by atoms with van der Waals surface area (Å²) >= 11 is 7.16.